The summed E-state index contributed by atoms with van der Waals surface area (Å²) < 4.78 is 6.87. The van der Waals surface area contributed by atoms with Crippen LogP contribution in [0.2, 0.25) is 0 Å². The zero-order valence-corrected chi connectivity index (χ0v) is 12.9. The maximum Gasteiger partial charge on any atom is 0.150 e. The number of nitrogens with zero attached hydrogens (tertiary/aromatic N) is 3. The molecule has 1 aliphatic heterocycles. The fraction of sp³-hybridized carbons (Fsp3) is 0.600. The molecule has 4 nitrogen and oxygen atoms in total. The van der Waals surface area contributed by atoms with Gasteiger partial charge in [-0.15, -0.1) is 11.3 Å². The van der Waals surface area contributed by atoms with Gasteiger partial charge in [-0.1, -0.05) is 0 Å². The molecule has 0 amide bonds. The molecule has 0 aliphatic carbocycles. The summed E-state index contributed by atoms with van der Waals surface area (Å²) in [5.74, 6) is 1.91. The van der Waals surface area contributed by atoms with Gasteiger partial charge in [-0.05, 0) is 44.1 Å². The predicted octanol–water partition coefficient (Wildman–Crippen LogP) is 3.40. The second kappa shape index (κ2) is 6.06. The van der Waals surface area contributed by atoms with Crippen LogP contribution >= 0.6 is 11.3 Å². The minimum atomic E-state index is 0.484. The summed E-state index contributed by atoms with van der Waals surface area (Å²) in [7, 11) is 2.12. The Bertz CT molecular complexity index is 578. The molecule has 0 unspecified atom stereocenters. The summed E-state index contributed by atoms with van der Waals surface area (Å²) in [6.07, 6.45) is 5.24. The average Bonchev–Trinajstić information content (AvgIpc) is 3.08. The van der Waals surface area contributed by atoms with E-state index in [1.165, 1.54) is 17.5 Å². The predicted molar refractivity (Wildman–Crippen MR) is 83.6 cm³/mol. The Labute approximate surface area is 123 Å². The Morgan fingerprint density at radius 1 is 1.45 bits per heavy atom. The van der Waals surface area contributed by atoms with Crippen LogP contribution in [0.3, 0.4) is 0 Å². The number of aryl methyl sites for hydroxylation is 1. The summed E-state index contributed by atoms with van der Waals surface area (Å²) in [5, 5.41) is 2.09. The number of thiophene rings is 1. The molecular weight excluding hydrogens is 270 g/mol. The van der Waals surface area contributed by atoms with Gasteiger partial charge in [0.15, 0.2) is 0 Å². The van der Waals surface area contributed by atoms with Crippen LogP contribution in [0.25, 0.3) is 10.2 Å². The van der Waals surface area contributed by atoms with E-state index in [0.717, 1.165) is 43.2 Å². The van der Waals surface area contributed by atoms with E-state index in [1.54, 1.807) is 11.3 Å². The first-order valence-corrected chi connectivity index (χ1v) is 8.16. The van der Waals surface area contributed by atoms with Gasteiger partial charge in [0.1, 0.15) is 11.6 Å². The van der Waals surface area contributed by atoms with Gasteiger partial charge in [0, 0.05) is 20.2 Å². The van der Waals surface area contributed by atoms with Gasteiger partial charge >= 0.3 is 0 Å². The number of fused-ring (bicyclic) bond motifs is 1. The molecule has 1 fully saturated rings. The lowest BCUT2D eigenvalue weighted by Crippen LogP contribution is -2.21. The third-order valence-electron chi connectivity index (χ3n) is 3.80. The Kier molecular flexibility index (Phi) is 4.17. The largest absolute Gasteiger partial charge is 0.378 e. The van der Waals surface area contributed by atoms with Crippen molar-refractivity contribution in [1.29, 1.82) is 0 Å². The van der Waals surface area contributed by atoms with Crippen molar-refractivity contribution in [2.45, 2.75) is 38.7 Å². The van der Waals surface area contributed by atoms with Gasteiger partial charge in [0.05, 0.1) is 16.3 Å². The second-order valence-corrected chi connectivity index (χ2v) is 6.34. The van der Waals surface area contributed by atoms with Crippen LogP contribution in [-0.4, -0.2) is 36.3 Å². The first kappa shape index (κ1) is 13.8. The highest BCUT2D eigenvalue weighted by Gasteiger charge is 2.16. The number of hydrogen-bond acceptors (Lipinski definition) is 5. The lowest BCUT2D eigenvalue weighted by Gasteiger charge is -2.20. The molecule has 1 aliphatic rings. The zero-order chi connectivity index (χ0) is 13.9. The van der Waals surface area contributed by atoms with Crippen molar-refractivity contribution < 1.29 is 4.74 Å². The van der Waals surface area contributed by atoms with Crippen LogP contribution in [0.1, 0.15) is 31.5 Å². The summed E-state index contributed by atoms with van der Waals surface area (Å²) >= 11 is 1.72. The first-order valence-electron chi connectivity index (χ1n) is 7.28. The molecule has 1 atom stereocenters. The van der Waals surface area contributed by atoms with Gasteiger partial charge in [-0.3, -0.25) is 0 Å². The highest BCUT2D eigenvalue weighted by atomic mass is 32.1. The Hall–Kier alpha value is -1.20. The van der Waals surface area contributed by atoms with Crippen molar-refractivity contribution in [3.05, 3.63) is 17.3 Å². The molecular formula is C15H21N3OS. The van der Waals surface area contributed by atoms with Crippen LogP contribution < -0.4 is 4.90 Å². The Balaban J connectivity index is 1.65. The Morgan fingerprint density at radius 3 is 3.15 bits per heavy atom. The maximum atomic E-state index is 5.68. The molecule has 3 heterocycles. The number of anilines is 1. The zero-order valence-electron chi connectivity index (χ0n) is 12.1. The molecule has 0 saturated carbocycles. The molecule has 0 bridgehead atoms. The molecule has 2 aromatic heterocycles. The Morgan fingerprint density at radius 2 is 2.35 bits per heavy atom. The van der Waals surface area contributed by atoms with Gasteiger partial charge in [-0.25, -0.2) is 9.97 Å². The monoisotopic (exact) mass is 291 g/mol. The maximum absolute atomic E-state index is 5.68. The van der Waals surface area contributed by atoms with E-state index >= 15 is 0 Å². The van der Waals surface area contributed by atoms with Gasteiger partial charge in [-0.2, -0.15) is 0 Å². The number of rotatable bonds is 5. The van der Waals surface area contributed by atoms with Crippen molar-refractivity contribution in [2.24, 2.45) is 0 Å². The standard InChI is InChI=1S/C15H21N3OS/c1-11-16-13-7-10-20-14(13)15(17-11)18(2)8-3-5-12-6-4-9-19-12/h7,10,12H,3-6,8-9H2,1-2H3/t12-/m1/s1. The van der Waals surface area contributed by atoms with Crippen molar-refractivity contribution >= 4 is 27.4 Å². The topological polar surface area (TPSA) is 38.2 Å². The number of aromatic nitrogens is 2. The number of ether oxygens (including phenoxy) is 1. The van der Waals surface area contributed by atoms with Crippen molar-refractivity contribution in [3.63, 3.8) is 0 Å². The fourth-order valence-corrected chi connectivity index (χ4v) is 3.63. The van der Waals surface area contributed by atoms with Crippen LogP contribution in [0, 0.1) is 6.92 Å². The summed E-state index contributed by atoms with van der Waals surface area (Å²) in [6.45, 7) is 3.92. The van der Waals surface area contributed by atoms with Crippen LogP contribution in [-0.2, 0) is 4.74 Å². The minimum Gasteiger partial charge on any atom is -0.378 e. The van der Waals surface area contributed by atoms with Gasteiger partial charge in [0.25, 0.3) is 0 Å². The molecule has 0 spiro atoms. The molecule has 0 N–H and O–H groups in total. The van der Waals surface area contributed by atoms with Gasteiger partial charge < -0.3 is 9.64 Å². The average molecular weight is 291 g/mol. The van der Waals surface area contributed by atoms with E-state index in [2.05, 4.69) is 33.4 Å². The third-order valence-corrected chi connectivity index (χ3v) is 4.70. The van der Waals surface area contributed by atoms with Crippen LogP contribution in [0.4, 0.5) is 5.82 Å². The molecule has 1 saturated heterocycles. The molecule has 2 aromatic rings. The highest BCUT2D eigenvalue weighted by molar-refractivity contribution is 7.17. The summed E-state index contributed by atoms with van der Waals surface area (Å²) in [5.41, 5.74) is 1.06. The van der Waals surface area contributed by atoms with Crippen molar-refractivity contribution in [2.75, 3.05) is 25.1 Å². The highest BCUT2D eigenvalue weighted by Crippen LogP contribution is 2.28. The van der Waals surface area contributed by atoms with Gasteiger partial charge in [0.2, 0.25) is 0 Å². The molecule has 108 valence electrons. The summed E-state index contributed by atoms with van der Waals surface area (Å²) in [6, 6.07) is 2.07. The molecule has 0 radical (unpaired) electrons. The third kappa shape index (κ3) is 2.94. The molecule has 3 rings (SSSR count). The SMILES string of the molecule is Cc1nc(N(C)CCC[C@@H]2CCCO2)c2sccc2n1. The van der Waals surface area contributed by atoms with E-state index in [4.69, 9.17) is 4.74 Å². The van der Waals surface area contributed by atoms with Crippen LogP contribution in [0.5, 0.6) is 0 Å². The number of hydrogen-bond donors (Lipinski definition) is 0. The van der Waals surface area contributed by atoms with E-state index in [1.807, 2.05) is 6.92 Å². The lowest BCUT2D eigenvalue weighted by atomic mass is 10.1. The van der Waals surface area contributed by atoms with E-state index in [9.17, 15) is 0 Å². The quantitative estimate of drug-likeness (QED) is 0.846. The minimum absolute atomic E-state index is 0.484. The van der Waals surface area contributed by atoms with Crippen molar-refractivity contribution in [1.82, 2.24) is 9.97 Å². The first-order chi connectivity index (χ1) is 9.74. The van der Waals surface area contributed by atoms with E-state index in [0.29, 0.717) is 6.10 Å². The van der Waals surface area contributed by atoms with Crippen molar-refractivity contribution in [3.8, 4) is 0 Å². The van der Waals surface area contributed by atoms with E-state index in [-0.39, 0.29) is 0 Å². The molecule has 20 heavy (non-hydrogen) atoms. The molecule has 0 aromatic carbocycles. The normalized spacial score (nSPS) is 18.8. The second-order valence-electron chi connectivity index (χ2n) is 5.43. The lowest BCUT2D eigenvalue weighted by molar-refractivity contribution is 0.103. The molecule has 5 heteroatoms. The van der Waals surface area contributed by atoms with Crippen LogP contribution in [0.15, 0.2) is 11.4 Å². The fourth-order valence-electron chi connectivity index (χ4n) is 2.75. The summed E-state index contributed by atoms with van der Waals surface area (Å²) in [4.78, 5) is 11.3. The smallest absolute Gasteiger partial charge is 0.150 e. The van der Waals surface area contributed by atoms with E-state index < -0.39 is 0 Å².